The summed E-state index contributed by atoms with van der Waals surface area (Å²) in [5, 5.41) is 3.50. The maximum absolute atomic E-state index is 12.4. The van der Waals surface area contributed by atoms with E-state index in [2.05, 4.69) is 5.32 Å². The second-order valence-electron chi connectivity index (χ2n) is 6.40. The number of fused-ring (bicyclic) bond motifs is 1. The van der Waals surface area contributed by atoms with Crippen molar-refractivity contribution in [1.82, 2.24) is 0 Å². The molecule has 156 valence electrons. The van der Waals surface area contributed by atoms with Crippen molar-refractivity contribution in [2.24, 2.45) is 0 Å². The van der Waals surface area contributed by atoms with Crippen molar-refractivity contribution in [3.8, 4) is 0 Å². The molecule has 2 heterocycles. The SMILES string of the molecule is CCOC(=O)c1c(NC(=O)COCc2ccccc2Cl)sc2c1CCS(=O)(=O)C2. The summed E-state index contributed by atoms with van der Waals surface area (Å²) in [7, 11) is -3.21. The lowest BCUT2D eigenvalue weighted by Gasteiger charge is -2.13. The number of rotatable bonds is 7. The molecule has 0 saturated heterocycles. The summed E-state index contributed by atoms with van der Waals surface area (Å²) in [5.41, 5.74) is 1.63. The number of anilines is 1. The standard InChI is InChI=1S/C19H20ClNO6S2/c1-2-27-19(23)17-13-7-8-29(24,25)11-15(13)28-18(17)21-16(22)10-26-9-12-5-3-4-6-14(12)20/h3-6H,2,7-11H2,1H3,(H,21,22). The third-order valence-corrected chi connectivity index (χ3v) is 7.54. The molecule has 7 nitrogen and oxygen atoms in total. The van der Waals surface area contributed by atoms with Crippen molar-refractivity contribution in [1.29, 1.82) is 0 Å². The van der Waals surface area contributed by atoms with Gasteiger partial charge in [0.25, 0.3) is 5.91 Å². The highest BCUT2D eigenvalue weighted by molar-refractivity contribution is 7.90. The minimum atomic E-state index is -3.21. The maximum atomic E-state index is 12.4. The molecule has 0 unspecified atom stereocenters. The van der Waals surface area contributed by atoms with Gasteiger partial charge in [0.05, 0.1) is 30.3 Å². The van der Waals surface area contributed by atoms with Crippen LogP contribution >= 0.6 is 22.9 Å². The first-order valence-electron chi connectivity index (χ1n) is 8.93. The molecule has 0 atom stereocenters. The van der Waals surface area contributed by atoms with Gasteiger partial charge in [-0.15, -0.1) is 11.3 Å². The summed E-state index contributed by atoms with van der Waals surface area (Å²) in [6.07, 6.45) is 0.223. The molecule has 3 rings (SSSR count). The Balaban J connectivity index is 1.72. The Morgan fingerprint density at radius 3 is 2.76 bits per heavy atom. The number of benzene rings is 1. The second-order valence-corrected chi connectivity index (χ2v) is 10.1. The normalized spacial score (nSPS) is 14.8. The van der Waals surface area contributed by atoms with Crippen LogP contribution in [0.4, 0.5) is 5.00 Å². The molecule has 10 heteroatoms. The van der Waals surface area contributed by atoms with E-state index in [4.69, 9.17) is 21.1 Å². The summed E-state index contributed by atoms with van der Waals surface area (Å²) in [4.78, 5) is 25.3. The Hall–Kier alpha value is -1.94. The number of halogens is 1. The smallest absolute Gasteiger partial charge is 0.341 e. The predicted octanol–water partition coefficient (Wildman–Crippen LogP) is 3.20. The molecule has 1 aromatic heterocycles. The summed E-state index contributed by atoms with van der Waals surface area (Å²) in [6, 6.07) is 7.15. The quantitative estimate of drug-likeness (QED) is 0.641. The van der Waals surface area contributed by atoms with E-state index in [1.807, 2.05) is 6.07 Å². The van der Waals surface area contributed by atoms with E-state index in [9.17, 15) is 18.0 Å². The van der Waals surface area contributed by atoms with Crippen LogP contribution in [0.3, 0.4) is 0 Å². The Bertz CT molecular complexity index is 1030. The molecule has 0 saturated carbocycles. The number of nitrogens with one attached hydrogen (secondary N) is 1. The van der Waals surface area contributed by atoms with E-state index in [0.29, 0.717) is 15.5 Å². The van der Waals surface area contributed by atoms with Gasteiger partial charge in [-0.05, 0) is 30.5 Å². The number of ether oxygens (including phenoxy) is 2. The van der Waals surface area contributed by atoms with Crippen molar-refractivity contribution in [3.63, 3.8) is 0 Å². The number of hydrogen-bond donors (Lipinski definition) is 1. The average Bonchev–Trinajstić information content (AvgIpc) is 2.99. The van der Waals surface area contributed by atoms with Crippen molar-refractivity contribution >= 4 is 49.7 Å². The van der Waals surface area contributed by atoms with Crippen LogP contribution in [-0.4, -0.2) is 39.3 Å². The van der Waals surface area contributed by atoms with Crippen molar-refractivity contribution < 1.29 is 27.5 Å². The van der Waals surface area contributed by atoms with Crippen LogP contribution in [0.2, 0.25) is 5.02 Å². The van der Waals surface area contributed by atoms with Crippen molar-refractivity contribution in [2.45, 2.75) is 25.7 Å². The van der Waals surface area contributed by atoms with Crippen LogP contribution in [0.25, 0.3) is 0 Å². The van der Waals surface area contributed by atoms with Gasteiger partial charge in [0.1, 0.15) is 11.6 Å². The van der Waals surface area contributed by atoms with E-state index < -0.39 is 21.7 Å². The Labute approximate surface area is 177 Å². The van der Waals surface area contributed by atoms with Gasteiger partial charge in [-0.3, -0.25) is 4.79 Å². The van der Waals surface area contributed by atoms with Gasteiger partial charge in [-0.2, -0.15) is 0 Å². The van der Waals surface area contributed by atoms with Gasteiger partial charge in [0.15, 0.2) is 9.84 Å². The van der Waals surface area contributed by atoms with Gasteiger partial charge < -0.3 is 14.8 Å². The summed E-state index contributed by atoms with van der Waals surface area (Å²) >= 11 is 7.15. The lowest BCUT2D eigenvalue weighted by atomic mass is 10.1. The highest BCUT2D eigenvalue weighted by atomic mass is 35.5. The molecule has 0 spiro atoms. The third kappa shape index (κ3) is 5.36. The first kappa shape index (κ1) is 21.8. The number of sulfone groups is 1. The second kappa shape index (κ2) is 9.25. The van der Waals surface area contributed by atoms with E-state index in [0.717, 1.165) is 16.9 Å². The van der Waals surface area contributed by atoms with Gasteiger partial charge in [0.2, 0.25) is 0 Å². The van der Waals surface area contributed by atoms with E-state index in [1.165, 1.54) is 0 Å². The van der Waals surface area contributed by atoms with E-state index in [1.54, 1.807) is 25.1 Å². The molecule has 1 aliphatic rings. The van der Waals surface area contributed by atoms with E-state index >= 15 is 0 Å². The lowest BCUT2D eigenvalue weighted by Crippen LogP contribution is -2.21. The first-order valence-corrected chi connectivity index (χ1v) is 12.0. The number of amides is 1. The summed E-state index contributed by atoms with van der Waals surface area (Å²) in [5.74, 6) is -1.20. The lowest BCUT2D eigenvalue weighted by molar-refractivity contribution is -0.120. The number of carbonyl (C=O) groups is 2. The van der Waals surface area contributed by atoms with Crippen LogP contribution < -0.4 is 5.32 Å². The summed E-state index contributed by atoms with van der Waals surface area (Å²) < 4.78 is 34.4. The molecular weight excluding hydrogens is 438 g/mol. The van der Waals surface area contributed by atoms with E-state index in [-0.39, 0.29) is 48.3 Å². The fourth-order valence-corrected chi connectivity index (χ4v) is 6.21. The molecule has 0 aliphatic carbocycles. The number of carbonyl (C=O) groups excluding carboxylic acids is 2. The Morgan fingerprint density at radius 1 is 1.28 bits per heavy atom. The fourth-order valence-electron chi connectivity index (χ4n) is 2.96. The number of hydrogen-bond acceptors (Lipinski definition) is 7. The van der Waals surface area contributed by atoms with Gasteiger partial charge in [-0.1, -0.05) is 29.8 Å². The van der Waals surface area contributed by atoms with Crippen LogP contribution in [0.1, 0.15) is 33.3 Å². The molecule has 1 aliphatic heterocycles. The largest absolute Gasteiger partial charge is 0.462 e. The minimum Gasteiger partial charge on any atom is -0.462 e. The predicted molar refractivity (Wildman–Crippen MR) is 111 cm³/mol. The topological polar surface area (TPSA) is 98.8 Å². The molecular formula is C19H20ClNO6S2. The van der Waals surface area contributed by atoms with Crippen LogP contribution in [0.15, 0.2) is 24.3 Å². The molecule has 0 radical (unpaired) electrons. The molecule has 2 aromatic rings. The monoisotopic (exact) mass is 457 g/mol. The van der Waals surface area contributed by atoms with Crippen LogP contribution in [0, 0.1) is 0 Å². The molecule has 29 heavy (non-hydrogen) atoms. The number of esters is 1. The number of thiophene rings is 1. The van der Waals surface area contributed by atoms with Crippen molar-refractivity contribution in [2.75, 3.05) is 24.3 Å². The molecule has 0 fully saturated rings. The van der Waals surface area contributed by atoms with Gasteiger partial charge in [-0.25, -0.2) is 13.2 Å². The molecule has 0 bridgehead atoms. The zero-order valence-electron chi connectivity index (χ0n) is 15.7. The minimum absolute atomic E-state index is 0.0303. The first-order chi connectivity index (χ1) is 13.8. The van der Waals surface area contributed by atoms with Gasteiger partial charge in [0, 0.05) is 9.90 Å². The zero-order chi connectivity index (χ0) is 21.0. The molecule has 1 N–H and O–H groups in total. The van der Waals surface area contributed by atoms with Crippen LogP contribution in [0.5, 0.6) is 0 Å². The Kier molecular flexibility index (Phi) is 6.94. The molecule has 1 aromatic carbocycles. The average molecular weight is 458 g/mol. The zero-order valence-corrected chi connectivity index (χ0v) is 18.1. The van der Waals surface area contributed by atoms with Crippen molar-refractivity contribution in [3.05, 3.63) is 50.9 Å². The van der Waals surface area contributed by atoms with Crippen LogP contribution in [-0.2, 0) is 42.9 Å². The van der Waals surface area contributed by atoms with Gasteiger partial charge >= 0.3 is 5.97 Å². The molecule has 1 amide bonds. The third-order valence-electron chi connectivity index (χ3n) is 4.29. The maximum Gasteiger partial charge on any atom is 0.341 e. The Morgan fingerprint density at radius 2 is 2.03 bits per heavy atom. The highest BCUT2D eigenvalue weighted by Crippen LogP contribution is 2.38. The summed E-state index contributed by atoms with van der Waals surface area (Å²) in [6.45, 7) is 1.78. The highest BCUT2D eigenvalue weighted by Gasteiger charge is 2.32. The fraction of sp³-hybridized carbons (Fsp3) is 0.368.